The molecule has 2 N–H and O–H groups in total. The molecule has 0 spiro atoms. The largest absolute Gasteiger partial charge is 0.573 e. The minimum atomic E-state index is -4.92. The average molecular weight is 349 g/mol. The molecule has 0 aliphatic rings. The number of nitrogens with two attached hydrogens (primary N) is 1. The Morgan fingerprint density at radius 2 is 1.62 bits per heavy atom. The molecule has 0 heterocycles. The summed E-state index contributed by atoms with van der Waals surface area (Å²) in [6.07, 6.45) is -9.21. The number of halogens is 6. The molecule has 0 atom stereocenters. The predicted molar refractivity (Wildman–Crippen MR) is 76.3 cm³/mol. The van der Waals surface area contributed by atoms with Gasteiger partial charge in [-0.25, -0.2) is 0 Å². The minimum Gasteiger partial charge on any atom is -0.406 e. The summed E-state index contributed by atoms with van der Waals surface area (Å²) >= 11 is 0. The summed E-state index contributed by atoms with van der Waals surface area (Å²) in [5.41, 5.74) is 4.77. The van der Waals surface area contributed by atoms with E-state index in [9.17, 15) is 26.3 Å². The highest BCUT2D eigenvalue weighted by molar-refractivity contribution is 5.70. The molecule has 2 rings (SSSR count). The summed E-state index contributed by atoms with van der Waals surface area (Å²) < 4.78 is 80.2. The standard InChI is InChI=1S/C16H13F6NO/c17-15(18,19)14-5-4-10(6-7-23)8-13(14)11-2-1-3-12(9-11)24-16(20,21)22/h1-5,8-9H,6-7,23H2. The van der Waals surface area contributed by atoms with Crippen molar-refractivity contribution in [3.8, 4) is 16.9 Å². The first-order chi connectivity index (χ1) is 11.1. The lowest BCUT2D eigenvalue weighted by atomic mass is 9.95. The van der Waals surface area contributed by atoms with Crippen LogP contribution in [0.1, 0.15) is 11.1 Å². The monoisotopic (exact) mass is 349 g/mol. The van der Waals surface area contributed by atoms with Crippen LogP contribution in [0.3, 0.4) is 0 Å². The van der Waals surface area contributed by atoms with Gasteiger partial charge in [-0.2, -0.15) is 13.2 Å². The Morgan fingerprint density at radius 1 is 0.917 bits per heavy atom. The maximum absolute atomic E-state index is 13.2. The van der Waals surface area contributed by atoms with Gasteiger partial charge in [0.1, 0.15) is 5.75 Å². The normalized spacial score (nSPS) is 12.3. The van der Waals surface area contributed by atoms with E-state index in [1.165, 1.54) is 24.3 Å². The molecular formula is C16H13F6NO. The van der Waals surface area contributed by atoms with Crippen LogP contribution in [-0.4, -0.2) is 12.9 Å². The van der Waals surface area contributed by atoms with E-state index in [0.717, 1.165) is 18.2 Å². The van der Waals surface area contributed by atoms with Crippen LogP contribution < -0.4 is 10.5 Å². The van der Waals surface area contributed by atoms with Crippen molar-refractivity contribution in [3.63, 3.8) is 0 Å². The van der Waals surface area contributed by atoms with E-state index in [2.05, 4.69) is 4.74 Å². The summed E-state index contributed by atoms with van der Waals surface area (Å²) in [5.74, 6) is -0.586. The van der Waals surface area contributed by atoms with Crippen molar-refractivity contribution < 1.29 is 31.1 Å². The fourth-order valence-electron chi connectivity index (χ4n) is 2.26. The molecule has 0 saturated carbocycles. The highest BCUT2D eigenvalue weighted by Crippen LogP contribution is 2.39. The number of alkyl halides is 6. The van der Waals surface area contributed by atoms with Crippen LogP contribution in [0, 0.1) is 0 Å². The molecule has 0 radical (unpaired) electrons. The van der Waals surface area contributed by atoms with Gasteiger partial charge in [0.05, 0.1) is 5.56 Å². The van der Waals surface area contributed by atoms with E-state index >= 15 is 0 Å². The van der Waals surface area contributed by atoms with Gasteiger partial charge in [-0.3, -0.25) is 0 Å². The fraction of sp³-hybridized carbons (Fsp3) is 0.250. The Bertz CT molecular complexity index is 708. The van der Waals surface area contributed by atoms with Crippen LogP contribution >= 0.6 is 0 Å². The van der Waals surface area contributed by atoms with Crippen LogP contribution in [0.15, 0.2) is 42.5 Å². The number of rotatable bonds is 4. The van der Waals surface area contributed by atoms with E-state index in [1.54, 1.807) is 0 Å². The molecular weight excluding hydrogens is 336 g/mol. The van der Waals surface area contributed by atoms with Gasteiger partial charge in [0.2, 0.25) is 0 Å². The van der Waals surface area contributed by atoms with Gasteiger partial charge in [0.25, 0.3) is 0 Å². The third kappa shape index (κ3) is 4.64. The lowest BCUT2D eigenvalue weighted by molar-refractivity contribution is -0.274. The topological polar surface area (TPSA) is 35.2 Å². The molecule has 0 aromatic heterocycles. The van der Waals surface area contributed by atoms with Crippen LogP contribution in [0.5, 0.6) is 5.75 Å². The number of benzene rings is 2. The van der Waals surface area contributed by atoms with Crippen molar-refractivity contribution >= 4 is 0 Å². The van der Waals surface area contributed by atoms with Crippen molar-refractivity contribution in [2.24, 2.45) is 5.73 Å². The van der Waals surface area contributed by atoms with Crippen molar-refractivity contribution in [1.82, 2.24) is 0 Å². The maximum Gasteiger partial charge on any atom is 0.573 e. The molecule has 0 saturated heterocycles. The zero-order valence-corrected chi connectivity index (χ0v) is 12.2. The first-order valence-electron chi connectivity index (χ1n) is 6.86. The Balaban J connectivity index is 2.53. The van der Waals surface area contributed by atoms with Gasteiger partial charge in [0, 0.05) is 0 Å². The molecule has 0 amide bonds. The minimum absolute atomic E-state index is 0.0250. The zero-order chi connectivity index (χ0) is 18.0. The molecule has 2 aromatic rings. The van der Waals surface area contributed by atoms with Gasteiger partial charge >= 0.3 is 12.5 Å². The summed E-state index contributed by atoms with van der Waals surface area (Å²) in [7, 11) is 0. The summed E-state index contributed by atoms with van der Waals surface area (Å²) in [4.78, 5) is 0. The zero-order valence-electron chi connectivity index (χ0n) is 12.2. The second-order valence-corrected chi connectivity index (χ2v) is 4.99. The third-order valence-electron chi connectivity index (χ3n) is 3.20. The van der Waals surface area contributed by atoms with E-state index in [4.69, 9.17) is 5.73 Å². The summed E-state index contributed by atoms with van der Waals surface area (Å²) in [6, 6.07) is 7.92. The van der Waals surface area contributed by atoms with Crippen molar-refractivity contribution in [3.05, 3.63) is 53.6 Å². The van der Waals surface area contributed by atoms with Crippen molar-refractivity contribution in [2.45, 2.75) is 19.0 Å². The van der Waals surface area contributed by atoms with E-state index in [-0.39, 0.29) is 17.7 Å². The molecule has 0 unspecified atom stereocenters. The van der Waals surface area contributed by atoms with Crippen LogP contribution in [0.2, 0.25) is 0 Å². The number of ether oxygens (including phenoxy) is 1. The molecule has 0 bridgehead atoms. The molecule has 24 heavy (non-hydrogen) atoms. The average Bonchev–Trinajstić information content (AvgIpc) is 2.45. The Hall–Kier alpha value is -2.22. The Labute approximate surface area is 133 Å². The van der Waals surface area contributed by atoms with Crippen molar-refractivity contribution in [1.29, 1.82) is 0 Å². The van der Waals surface area contributed by atoms with Crippen molar-refractivity contribution in [2.75, 3.05) is 6.54 Å². The molecule has 2 aromatic carbocycles. The fourth-order valence-corrected chi connectivity index (χ4v) is 2.26. The quantitative estimate of drug-likeness (QED) is 0.807. The first kappa shape index (κ1) is 18.1. The Kier molecular flexibility index (Phi) is 5.08. The lowest BCUT2D eigenvalue weighted by Crippen LogP contribution is -2.17. The number of hydrogen-bond donors (Lipinski definition) is 1. The van der Waals surface area contributed by atoms with E-state index in [0.29, 0.717) is 12.0 Å². The second kappa shape index (κ2) is 6.72. The highest BCUT2D eigenvalue weighted by Gasteiger charge is 2.34. The Morgan fingerprint density at radius 3 is 2.21 bits per heavy atom. The predicted octanol–water partition coefficient (Wildman–Crippen LogP) is 4.77. The molecule has 2 nitrogen and oxygen atoms in total. The highest BCUT2D eigenvalue weighted by atomic mass is 19.4. The molecule has 130 valence electrons. The van der Waals surface area contributed by atoms with Gasteiger partial charge < -0.3 is 10.5 Å². The maximum atomic E-state index is 13.2. The van der Waals surface area contributed by atoms with Gasteiger partial charge in [-0.05, 0) is 47.9 Å². The van der Waals surface area contributed by atoms with Crippen LogP contribution in [0.25, 0.3) is 11.1 Å². The SMILES string of the molecule is NCCc1ccc(C(F)(F)F)c(-c2cccc(OC(F)(F)F)c2)c1. The molecule has 0 fully saturated rings. The van der Waals surface area contributed by atoms with Crippen LogP contribution in [0.4, 0.5) is 26.3 Å². The smallest absolute Gasteiger partial charge is 0.406 e. The molecule has 0 aliphatic carbocycles. The lowest BCUT2D eigenvalue weighted by Gasteiger charge is -2.16. The van der Waals surface area contributed by atoms with E-state index < -0.39 is 23.9 Å². The first-order valence-corrected chi connectivity index (χ1v) is 6.86. The summed E-state index contributed by atoms with van der Waals surface area (Å²) in [5, 5.41) is 0. The number of hydrogen-bond acceptors (Lipinski definition) is 2. The summed E-state index contributed by atoms with van der Waals surface area (Å²) in [6.45, 7) is 0.238. The van der Waals surface area contributed by atoms with Gasteiger partial charge in [0.15, 0.2) is 0 Å². The van der Waals surface area contributed by atoms with E-state index in [1.807, 2.05) is 0 Å². The second-order valence-electron chi connectivity index (χ2n) is 4.99. The molecule has 0 aliphatic heterocycles. The third-order valence-corrected chi connectivity index (χ3v) is 3.20. The molecule has 8 heteroatoms. The van der Waals surface area contributed by atoms with Gasteiger partial charge in [-0.1, -0.05) is 24.3 Å². The van der Waals surface area contributed by atoms with Gasteiger partial charge in [-0.15, -0.1) is 13.2 Å². The van der Waals surface area contributed by atoms with Crippen LogP contribution in [-0.2, 0) is 12.6 Å².